The zero-order chi connectivity index (χ0) is 22.4. The number of aryl methyl sites for hydroxylation is 2. The Hall–Kier alpha value is -3.87. The van der Waals surface area contributed by atoms with E-state index >= 15 is 0 Å². The lowest BCUT2D eigenvalue weighted by molar-refractivity contribution is -0.124. The van der Waals surface area contributed by atoms with Gasteiger partial charge in [-0.25, -0.2) is 4.79 Å². The standard InChI is InChI=1S/C24H24N2O5/c1-15-10-11-18(13-16(15)2)17(3)25-22(27)14-31-24(29)19-7-4-5-8-20(19)26-23(28)21-9-6-12-30-21/h4-13,17H,14H2,1-3H3,(H,25,27)(H,26,28)/t17-/m0/s1. The Bertz CT molecular complexity index is 1090. The fourth-order valence-electron chi connectivity index (χ4n) is 2.97. The highest BCUT2D eigenvalue weighted by atomic mass is 16.5. The first-order valence-corrected chi connectivity index (χ1v) is 9.82. The molecule has 0 saturated carbocycles. The Kier molecular flexibility index (Phi) is 6.87. The van der Waals surface area contributed by atoms with E-state index in [2.05, 4.69) is 10.6 Å². The Morgan fingerprint density at radius 2 is 1.77 bits per heavy atom. The highest BCUT2D eigenvalue weighted by Gasteiger charge is 2.18. The van der Waals surface area contributed by atoms with Gasteiger partial charge in [0, 0.05) is 0 Å². The molecule has 0 aliphatic carbocycles. The zero-order valence-corrected chi connectivity index (χ0v) is 17.6. The molecule has 1 atom stereocenters. The fraction of sp³-hybridized carbons (Fsp3) is 0.208. The van der Waals surface area contributed by atoms with Crippen molar-refractivity contribution >= 4 is 23.5 Å². The molecule has 0 unspecified atom stereocenters. The third-order valence-corrected chi connectivity index (χ3v) is 4.88. The molecule has 0 radical (unpaired) electrons. The number of ether oxygens (including phenoxy) is 1. The van der Waals surface area contributed by atoms with Gasteiger partial charge in [-0.15, -0.1) is 0 Å². The number of hydrogen-bond donors (Lipinski definition) is 2. The predicted molar refractivity (Wildman–Crippen MR) is 116 cm³/mol. The fourth-order valence-corrected chi connectivity index (χ4v) is 2.97. The number of nitrogens with one attached hydrogen (secondary N) is 2. The normalized spacial score (nSPS) is 11.5. The topological polar surface area (TPSA) is 97.6 Å². The molecular formula is C24H24N2O5. The molecule has 160 valence electrons. The summed E-state index contributed by atoms with van der Waals surface area (Å²) >= 11 is 0. The average molecular weight is 420 g/mol. The van der Waals surface area contributed by atoms with E-state index < -0.39 is 24.4 Å². The Morgan fingerprint density at radius 3 is 2.48 bits per heavy atom. The molecule has 0 aliphatic rings. The number of amides is 2. The zero-order valence-electron chi connectivity index (χ0n) is 17.6. The molecule has 2 amide bonds. The van der Waals surface area contributed by atoms with Crippen molar-refractivity contribution in [2.75, 3.05) is 11.9 Å². The number of rotatable bonds is 7. The van der Waals surface area contributed by atoms with Gasteiger partial charge < -0.3 is 19.8 Å². The second-order valence-electron chi connectivity index (χ2n) is 7.19. The van der Waals surface area contributed by atoms with Crippen LogP contribution in [-0.2, 0) is 9.53 Å². The molecule has 0 fully saturated rings. The van der Waals surface area contributed by atoms with Crippen molar-refractivity contribution in [1.29, 1.82) is 0 Å². The lowest BCUT2D eigenvalue weighted by Crippen LogP contribution is -2.31. The quantitative estimate of drug-likeness (QED) is 0.559. The predicted octanol–water partition coefficient (Wildman–Crippen LogP) is 4.18. The van der Waals surface area contributed by atoms with Gasteiger partial charge in [0.15, 0.2) is 12.4 Å². The molecule has 0 aliphatic heterocycles. The molecule has 0 spiro atoms. The van der Waals surface area contributed by atoms with Crippen molar-refractivity contribution in [3.63, 3.8) is 0 Å². The van der Waals surface area contributed by atoms with E-state index in [0.29, 0.717) is 0 Å². The second kappa shape index (κ2) is 9.75. The summed E-state index contributed by atoms with van der Waals surface area (Å²) in [6.07, 6.45) is 1.38. The number of esters is 1. The summed E-state index contributed by atoms with van der Waals surface area (Å²) in [5.41, 5.74) is 3.68. The number of hydrogen-bond acceptors (Lipinski definition) is 5. The van der Waals surface area contributed by atoms with Crippen LogP contribution in [-0.4, -0.2) is 24.4 Å². The lowest BCUT2D eigenvalue weighted by atomic mass is 10.0. The maximum atomic E-state index is 12.5. The molecule has 3 aromatic rings. The van der Waals surface area contributed by atoms with E-state index in [1.54, 1.807) is 24.3 Å². The van der Waals surface area contributed by atoms with Gasteiger partial charge in [0.2, 0.25) is 0 Å². The average Bonchev–Trinajstić information content (AvgIpc) is 3.29. The van der Waals surface area contributed by atoms with E-state index in [9.17, 15) is 14.4 Å². The number of para-hydroxylation sites is 1. The van der Waals surface area contributed by atoms with Gasteiger partial charge in [0.1, 0.15) is 0 Å². The number of benzene rings is 2. The summed E-state index contributed by atoms with van der Waals surface area (Å²) in [5.74, 6) is -1.52. The van der Waals surface area contributed by atoms with E-state index in [1.165, 1.54) is 24.0 Å². The lowest BCUT2D eigenvalue weighted by Gasteiger charge is -2.16. The van der Waals surface area contributed by atoms with E-state index in [-0.39, 0.29) is 23.1 Å². The van der Waals surface area contributed by atoms with Gasteiger partial charge in [-0.2, -0.15) is 0 Å². The van der Waals surface area contributed by atoms with Gasteiger partial charge in [-0.05, 0) is 61.7 Å². The van der Waals surface area contributed by atoms with Crippen molar-refractivity contribution in [3.05, 3.63) is 88.9 Å². The van der Waals surface area contributed by atoms with Crippen LogP contribution in [0.3, 0.4) is 0 Å². The molecule has 0 saturated heterocycles. The largest absolute Gasteiger partial charge is 0.459 e. The molecule has 2 aromatic carbocycles. The minimum Gasteiger partial charge on any atom is -0.459 e. The van der Waals surface area contributed by atoms with Crippen molar-refractivity contribution in [2.24, 2.45) is 0 Å². The number of carbonyl (C=O) groups excluding carboxylic acids is 3. The van der Waals surface area contributed by atoms with Crippen LogP contribution < -0.4 is 10.6 Å². The summed E-state index contributed by atoms with van der Waals surface area (Å²) < 4.78 is 10.2. The Labute approximate surface area is 180 Å². The third kappa shape index (κ3) is 5.60. The van der Waals surface area contributed by atoms with Gasteiger partial charge in [-0.3, -0.25) is 9.59 Å². The van der Waals surface area contributed by atoms with Gasteiger partial charge in [0.05, 0.1) is 23.6 Å². The summed E-state index contributed by atoms with van der Waals surface area (Å²) in [6.45, 7) is 5.46. The van der Waals surface area contributed by atoms with Crippen LogP contribution in [0.4, 0.5) is 5.69 Å². The van der Waals surface area contributed by atoms with Crippen LogP contribution in [0, 0.1) is 13.8 Å². The summed E-state index contributed by atoms with van der Waals surface area (Å²) in [7, 11) is 0. The summed E-state index contributed by atoms with van der Waals surface area (Å²) in [4.78, 5) is 37.0. The Balaban J connectivity index is 1.58. The van der Waals surface area contributed by atoms with Crippen LogP contribution in [0.15, 0.2) is 65.3 Å². The maximum absolute atomic E-state index is 12.5. The Morgan fingerprint density at radius 1 is 1.00 bits per heavy atom. The SMILES string of the molecule is Cc1ccc([C@H](C)NC(=O)COC(=O)c2ccccc2NC(=O)c2ccco2)cc1C. The first-order valence-electron chi connectivity index (χ1n) is 9.82. The molecular weight excluding hydrogens is 396 g/mol. The monoisotopic (exact) mass is 420 g/mol. The maximum Gasteiger partial charge on any atom is 0.340 e. The van der Waals surface area contributed by atoms with E-state index in [1.807, 2.05) is 39.0 Å². The van der Waals surface area contributed by atoms with Gasteiger partial charge in [-0.1, -0.05) is 30.3 Å². The van der Waals surface area contributed by atoms with Crippen molar-refractivity contribution < 1.29 is 23.5 Å². The highest BCUT2D eigenvalue weighted by Crippen LogP contribution is 2.19. The smallest absolute Gasteiger partial charge is 0.340 e. The van der Waals surface area contributed by atoms with Crippen LogP contribution in [0.25, 0.3) is 0 Å². The van der Waals surface area contributed by atoms with Gasteiger partial charge >= 0.3 is 5.97 Å². The molecule has 7 heteroatoms. The summed E-state index contributed by atoms with van der Waals surface area (Å²) in [6, 6.07) is 15.2. The van der Waals surface area contributed by atoms with Crippen LogP contribution >= 0.6 is 0 Å². The van der Waals surface area contributed by atoms with Crippen LogP contribution in [0.5, 0.6) is 0 Å². The molecule has 2 N–H and O–H groups in total. The van der Waals surface area contributed by atoms with Crippen LogP contribution in [0.1, 0.15) is 50.6 Å². The number of furan rings is 1. The molecule has 31 heavy (non-hydrogen) atoms. The van der Waals surface area contributed by atoms with Crippen molar-refractivity contribution in [2.45, 2.75) is 26.8 Å². The summed E-state index contributed by atoms with van der Waals surface area (Å²) in [5, 5.41) is 5.43. The first-order chi connectivity index (χ1) is 14.8. The molecule has 0 bridgehead atoms. The molecule has 1 heterocycles. The second-order valence-corrected chi connectivity index (χ2v) is 7.19. The van der Waals surface area contributed by atoms with Crippen LogP contribution in [0.2, 0.25) is 0 Å². The third-order valence-electron chi connectivity index (χ3n) is 4.88. The van der Waals surface area contributed by atoms with Crippen molar-refractivity contribution in [1.82, 2.24) is 5.32 Å². The number of carbonyl (C=O) groups is 3. The minimum atomic E-state index is -0.718. The highest BCUT2D eigenvalue weighted by molar-refractivity contribution is 6.06. The molecule has 7 nitrogen and oxygen atoms in total. The number of anilines is 1. The first kappa shape index (κ1) is 21.8. The molecule has 3 rings (SSSR count). The minimum absolute atomic E-state index is 0.114. The van der Waals surface area contributed by atoms with E-state index in [4.69, 9.17) is 9.15 Å². The van der Waals surface area contributed by atoms with Crippen molar-refractivity contribution in [3.8, 4) is 0 Å². The van der Waals surface area contributed by atoms with Gasteiger partial charge in [0.25, 0.3) is 11.8 Å². The van der Waals surface area contributed by atoms with E-state index in [0.717, 1.165) is 11.1 Å². The molecule has 1 aromatic heterocycles.